The molecule has 0 bridgehead atoms. The van der Waals surface area contributed by atoms with Crippen LogP contribution in [-0.4, -0.2) is 42.1 Å². The van der Waals surface area contributed by atoms with Gasteiger partial charge in [0, 0.05) is 36.5 Å². The predicted octanol–water partition coefficient (Wildman–Crippen LogP) is 2.04. The Labute approximate surface area is 134 Å². The number of carbonyl (C=O) groups excluding carboxylic acids is 3. The number of Topliss-reactive ketones (excluding diaryl/α,β-unsaturated/α-hetero) is 1. The molecule has 118 valence electrons. The molecule has 0 atom stereocenters. The molecule has 5 nitrogen and oxygen atoms in total. The Kier molecular flexibility index (Phi) is 5.55. The van der Waals surface area contributed by atoms with Crippen LogP contribution in [0.15, 0.2) is 24.3 Å². The van der Waals surface area contributed by atoms with E-state index in [0.717, 1.165) is 12.8 Å². The molecule has 0 spiro atoms. The third kappa shape index (κ3) is 5.15. The molecule has 0 radical (unpaired) electrons. The van der Waals surface area contributed by atoms with Gasteiger partial charge in [0.1, 0.15) is 0 Å². The monoisotopic (exact) mass is 322 g/mol. The first-order valence-electron chi connectivity index (χ1n) is 7.28. The van der Waals surface area contributed by atoms with Gasteiger partial charge < -0.3 is 10.2 Å². The van der Waals surface area contributed by atoms with Gasteiger partial charge in [0.15, 0.2) is 5.78 Å². The van der Waals surface area contributed by atoms with E-state index in [4.69, 9.17) is 11.6 Å². The van der Waals surface area contributed by atoms with E-state index < -0.39 is 0 Å². The van der Waals surface area contributed by atoms with E-state index in [1.54, 1.807) is 31.3 Å². The SMILES string of the molecule is CN(CC(=O)NC1CC1)C(=O)CCC(=O)c1ccc(Cl)cc1. The van der Waals surface area contributed by atoms with Crippen molar-refractivity contribution in [2.75, 3.05) is 13.6 Å². The van der Waals surface area contributed by atoms with Crippen LogP contribution in [-0.2, 0) is 9.59 Å². The van der Waals surface area contributed by atoms with Gasteiger partial charge in [-0.2, -0.15) is 0 Å². The molecule has 2 rings (SSSR count). The number of halogens is 1. The predicted molar refractivity (Wildman–Crippen MR) is 83.8 cm³/mol. The van der Waals surface area contributed by atoms with E-state index in [9.17, 15) is 14.4 Å². The van der Waals surface area contributed by atoms with Crippen molar-refractivity contribution >= 4 is 29.2 Å². The summed E-state index contributed by atoms with van der Waals surface area (Å²) in [5, 5.41) is 3.39. The van der Waals surface area contributed by atoms with Crippen LogP contribution < -0.4 is 5.32 Å². The Bertz CT molecular complexity index is 567. The summed E-state index contributed by atoms with van der Waals surface area (Å²) in [6, 6.07) is 6.85. The lowest BCUT2D eigenvalue weighted by Crippen LogP contribution is -2.39. The van der Waals surface area contributed by atoms with Crippen LogP contribution in [0.2, 0.25) is 5.02 Å². The Hall–Kier alpha value is -1.88. The summed E-state index contributed by atoms with van der Waals surface area (Å²) in [5.74, 6) is -0.475. The minimum Gasteiger partial charge on any atom is -0.352 e. The van der Waals surface area contributed by atoms with Gasteiger partial charge in [-0.25, -0.2) is 0 Å². The number of carbonyl (C=O) groups is 3. The summed E-state index contributed by atoms with van der Waals surface area (Å²) in [6.45, 7) is 0.0322. The van der Waals surface area contributed by atoms with Gasteiger partial charge in [-0.3, -0.25) is 14.4 Å². The molecule has 2 amide bonds. The van der Waals surface area contributed by atoms with Crippen molar-refractivity contribution in [2.45, 2.75) is 31.7 Å². The van der Waals surface area contributed by atoms with Crippen LogP contribution >= 0.6 is 11.6 Å². The second-order valence-electron chi connectivity index (χ2n) is 5.52. The highest BCUT2D eigenvalue weighted by atomic mass is 35.5. The largest absolute Gasteiger partial charge is 0.352 e. The molecule has 1 aliphatic carbocycles. The van der Waals surface area contributed by atoms with Crippen molar-refractivity contribution in [2.24, 2.45) is 0 Å². The maximum absolute atomic E-state index is 12.0. The minimum absolute atomic E-state index is 0.0322. The number of rotatable bonds is 7. The molecule has 0 saturated heterocycles. The standard InChI is InChI=1S/C16H19ClN2O3/c1-19(10-15(21)18-13-6-7-13)16(22)9-8-14(20)11-2-4-12(17)5-3-11/h2-5,13H,6-10H2,1H3,(H,18,21). The lowest BCUT2D eigenvalue weighted by atomic mass is 10.1. The number of nitrogens with zero attached hydrogens (tertiary/aromatic N) is 1. The van der Waals surface area contributed by atoms with Gasteiger partial charge in [0.05, 0.1) is 6.54 Å². The normalized spacial score (nSPS) is 13.5. The number of ketones is 1. The molecule has 0 heterocycles. The van der Waals surface area contributed by atoms with Gasteiger partial charge in [-0.1, -0.05) is 11.6 Å². The van der Waals surface area contributed by atoms with E-state index in [1.807, 2.05) is 0 Å². The van der Waals surface area contributed by atoms with E-state index in [0.29, 0.717) is 10.6 Å². The van der Waals surface area contributed by atoms with Crippen molar-refractivity contribution in [1.82, 2.24) is 10.2 Å². The highest BCUT2D eigenvalue weighted by molar-refractivity contribution is 6.30. The average Bonchev–Trinajstić information content (AvgIpc) is 3.28. The first kappa shape index (κ1) is 16.5. The van der Waals surface area contributed by atoms with Gasteiger partial charge in [0.2, 0.25) is 11.8 Å². The van der Waals surface area contributed by atoms with Crippen LogP contribution in [0.25, 0.3) is 0 Å². The fraction of sp³-hybridized carbons (Fsp3) is 0.438. The molecule has 1 fully saturated rings. The lowest BCUT2D eigenvalue weighted by Gasteiger charge is -2.16. The number of nitrogens with one attached hydrogen (secondary N) is 1. The van der Waals surface area contributed by atoms with Crippen LogP contribution in [0.3, 0.4) is 0 Å². The highest BCUT2D eigenvalue weighted by Crippen LogP contribution is 2.18. The van der Waals surface area contributed by atoms with Gasteiger partial charge in [0.25, 0.3) is 0 Å². The number of hydrogen-bond donors (Lipinski definition) is 1. The quantitative estimate of drug-likeness (QED) is 0.781. The molecule has 0 aliphatic heterocycles. The van der Waals surface area contributed by atoms with Crippen LogP contribution in [0.1, 0.15) is 36.0 Å². The maximum Gasteiger partial charge on any atom is 0.239 e. The molecule has 1 saturated carbocycles. The number of benzene rings is 1. The first-order chi connectivity index (χ1) is 10.5. The summed E-state index contributed by atoms with van der Waals surface area (Å²) in [7, 11) is 1.57. The second-order valence-corrected chi connectivity index (χ2v) is 5.96. The molecule has 1 N–H and O–H groups in total. The minimum atomic E-state index is -0.215. The van der Waals surface area contributed by atoms with Gasteiger partial charge in [-0.05, 0) is 37.1 Å². The zero-order valence-corrected chi connectivity index (χ0v) is 13.2. The van der Waals surface area contributed by atoms with Crippen LogP contribution in [0.5, 0.6) is 0 Å². The van der Waals surface area contributed by atoms with Crippen molar-refractivity contribution < 1.29 is 14.4 Å². The van der Waals surface area contributed by atoms with Crippen LogP contribution in [0, 0.1) is 0 Å². The van der Waals surface area contributed by atoms with Gasteiger partial charge >= 0.3 is 0 Å². The Balaban J connectivity index is 1.74. The molecule has 1 aliphatic rings. The number of amides is 2. The third-order valence-electron chi connectivity index (χ3n) is 3.48. The van der Waals surface area contributed by atoms with Crippen molar-refractivity contribution in [3.05, 3.63) is 34.9 Å². The fourth-order valence-corrected chi connectivity index (χ4v) is 2.12. The Morgan fingerprint density at radius 3 is 2.41 bits per heavy atom. The fourth-order valence-electron chi connectivity index (χ4n) is 2.00. The second kappa shape index (κ2) is 7.40. The molecule has 22 heavy (non-hydrogen) atoms. The van der Waals surface area contributed by atoms with E-state index >= 15 is 0 Å². The summed E-state index contributed by atoms with van der Waals surface area (Å²) in [4.78, 5) is 36.9. The highest BCUT2D eigenvalue weighted by Gasteiger charge is 2.24. The topological polar surface area (TPSA) is 66.5 Å². The zero-order chi connectivity index (χ0) is 16.1. The number of hydrogen-bond acceptors (Lipinski definition) is 3. The summed E-state index contributed by atoms with van der Waals surface area (Å²) in [6.07, 6.45) is 2.24. The Morgan fingerprint density at radius 1 is 1.18 bits per heavy atom. The van der Waals surface area contributed by atoms with Crippen molar-refractivity contribution in [3.63, 3.8) is 0 Å². The molecule has 0 aromatic heterocycles. The van der Waals surface area contributed by atoms with E-state index in [1.165, 1.54) is 4.90 Å². The average molecular weight is 323 g/mol. The lowest BCUT2D eigenvalue weighted by molar-refractivity contribution is -0.134. The van der Waals surface area contributed by atoms with E-state index in [2.05, 4.69) is 5.32 Å². The molecular weight excluding hydrogens is 304 g/mol. The molecule has 0 unspecified atom stereocenters. The van der Waals surface area contributed by atoms with Crippen LogP contribution in [0.4, 0.5) is 0 Å². The summed E-state index contributed by atoms with van der Waals surface area (Å²) >= 11 is 5.76. The summed E-state index contributed by atoms with van der Waals surface area (Å²) < 4.78 is 0. The molecule has 1 aromatic carbocycles. The van der Waals surface area contributed by atoms with Crippen molar-refractivity contribution in [1.29, 1.82) is 0 Å². The van der Waals surface area contributed by atoms with Gasteiger partial charge in [-0.15, -0.1) is 0 Å². The smallest absolute Gasteiger partial charge is 0.239 e. The maximum atomic E-state index is 12.0. The van der Waals surface area contributed by atoms with Crippen molar-refractivity contribution in [3.8, 4) is 0 Å². The molecular formula is C16H19ClN2O3. The Morgan fingerprint density at radius 2 is 1.82 bits per heavy atom. The molecule has 6 heteroatoms. The third-order valence-corrected chi connectivity index (χ3v) is 3.73. The van der Waals surface area contributed by atoms with E-state index in [-0.39, 0.29) is 43.0 Å². The molecule has 1 aromatic rings. The zero-order valence-electron chi connectivity index (χ0n) is 12.5. The summed E-state index contributed by atoms with van der Waals surface area (Å²) in [5.41, 5.74) is 0.534. The first-order valence-corrected chi connectivity index (χ1v) is 7.65. The number of likely N-dealkylation sites (N-methyl/N-ethyl adjacent to an activating group) is 1.